The highest BCUT2D eigenvalue weighted by Gasteiger charge is 2.51. The minimum Gasteiger partial charge on any atom is -0.497 e. The lowest BCUT2D eigenvalue weighted by Gasteiger charge is -2.56. The zero-order valence-electron chi connectivity index (χ0n) is 15.9. The lowest BCUT2D eigenvalue weighted by atomic mass is 9.53. The number of carbonyl (C=O) groups is 2. The van der Waals surface area contributed by atoms with Crippen LogP contribution in [0.25, 0.3) is 0 Å². The number of benzene rings is 1. The molecule has 0 aromatic heterocycles. The van der Waals surface area contributed by atoms with E-state index in [2.05, 4.69) is 16.0 Å². The van der Waals surface area contributed by atoms with Gasteiger partial charge in [0, 0.05) is 30.3 Å². The van der Waals surface area contributed by atoms with E-state index in [-0.39, 0.29) is 23.9 Å². The molecule has 4 saturated carbocycles. The van der Waals surface area contributed by atoms with Crippen molar-refractivity contribution in [3.05, 3.63) is 24.3 Å². The topological polar surface area (TPSA) is 79.5 Å². The maximum atomic E-state index is 12.4. The number of ether oxygens (including phenoxy) is 1. The monoisotopic (exact) mass is 371 g/mol. The predicted octanol–water partition coefficient (Wildman–Crippen LogP) is 3.29. The highest BCUT2D eigenvalue weighted by atomic mass is 16.5. The molecule has 0 heterocycles. The second kappa shape index (κ2) is 7.41. The Morgan fingerprint density at radius 1 is 1.11 bits per heavy atom. The molecule has 4 fully saturated rings. The van der Waals surface area contributed by atoms with Crippen molar-refractivity contribution >= 4 is 17.6 Å². The zero-order chi connectivity index (χ0) is 18.9. The Bertz CT molecular complexity index is 683. The Kier molecular flexibility index (Phi) is 4.98. The molecule has 1 aromatic rings. The Morgan fingerprint density at radius 2 is 1.78 bits per heavy atom. The van der Waals surface area contributed by atoms with Gasteiger partial charge in [0.1, 0.15) is 5.75 Å². The number of hydrogen-bond donors (Lipinski definition) is 3. The largest absolute Gasteiger partial charge is 0.497 e. The summed E-state index contributed by atoms with van der Waals surface area (Å²) >= 11 is 0. The van der Waals surface area contributed by atoms with Crippen molar-refractivity contribution in [2.24, 2.45) is 17.8 Å². The van der Waals surface area contributed by atoms with Crippen molar-refractivity contribution < 1.29 is 14.3 Å². The molecule has 6 heteroatoms. The molecule has 0 unspecified atom stereocenters. The average Bonchev–Trinajstić information content (AvgIpc) is 2.60. The van der Waals surface area contributed by atoms with Gasteiger partial charge in [0.2, 0.25) is 5.91 Å². The van der Waals surface area contributed by atoms with Crippen molar-refractivity contribution in [1.29, 1.82) is 0 Å². The van der Waals surface area contributed by atoms with Crippen LogP contribution in [0.5, 0.6) is 5.75 Å². The summed E-state index contributed by atoms with van der Waals surface area (Å²) in [6, 6.07) is 7.10. The Labute approximate surface area is 160 Å². The fourth-order valence-corrected chi connectivity index (χ4v) is 5.76. The first-order valence-corrected chi connectivity index (χ1v) is 10.0. The van der Waals surface area contributed by atoms with E-state index in [0.29, 0.717) is 18.0 Å². The second-order valence-corrected chi connectivity index (χ2v) is 8.61. The fraction of sp³-hybridized carbons (Fsp3) is 0.619. The van der Waals surface area contributed by atoms with Gasteiger partial charge in [-0.05, 0) is 68.4 Å². The Hall–Kier alpha value is -2.24. The van der Waals surface area contributed by atoms with Crippen molar-refractivity contribution in [3.63, 3.8) is 0 Å². The number of methoxy groups -OCH3 is 1. The van der Waals surface area contributed by atoms with E-state index in [9.17, 15) is 9.59 Å². The lowest BCUT2D eigenvalue weighted by Crippen LogP contribution is -2.61. The quantitative estimate of drug-likeness (QED) is 0.718. The highest BCUT2D eigenvalue weighted by Crippen LogP contribution is 2.55. The summed E-state index contributed by atoms with van der Waals surface area (Å²) in [5, 5.41) is 8.95. The van der Waals surface area contributed by atoms with E-state index in [0.717, 1.165) is 37.0 Å². The normalized spacial score (nSPS) is 30.6. The van der Waals surface area contributed by atoms with Crippen molar-refractivity contribution in [2.75, 3.05) is 19.0 Å². The summed E-state index contributed by atoms with van der Waals surface area (Å²) in [6.45, 7) is 0.327. The average molecular weight is 371 g/mol. The van der Waals surface area contributed by atoms with Crippen LogP contribution in [-0.4, -0.2) is 31.1 Å². The van der Waals surface area contributed by atoms with Crippen LogP contribution in [-0.2, 0) is 4.79 Å². The van der Waals surface area contributed by atoms with Crippen LogP contribution in [0.15, 0.2) is 24.3 Å². The van der Waals surface area contributed by atoms with Crippen molar-refractivity contribution in [1.82, 2.24) is 10.6 Å². The van der Waals surface area contributed by atoms with Crippen LogP contribution in [0.3, 0.4) is 0 Å². The van der Waals surface area contributed by atoms with Gasteiger partial charge >= 0.3 is 6.03 Å². The molecule has 4 bridgehead atoms. The number of anilines is 1. The molecule has 3 N–H and O–H groups in total. The third-order valence-electron chi connectivity index (χ3n) is 6.41. The number of amides is 3. The summed E-state index contributed by atoms with van der Waals surface area (Å²) < 4.78 is 5.15. The molecule has 4 aliphatic rings. The van der Waals surface area contributed by atoms with Gasteiger partial charge in [-0.1, -0.05) is 6.07 Å². The zero-order valence-corrected chi connectivity index (χ0v) is 15.9. The minimum absolute atomic E-state index is 0.00167. The van der Waals surface area contributed by atoms with E-state index in [4.69, 9.17) is 4.74 Å². The molecule has 6 nitrogen and oxygen atoms in total. The van der Waals surface area contributed by atoms with Gasteiger partial charge in [-0.2, -0.15) is 0 Å². The molecule has 0 saturated heterocycles. The molecule has 0 atom stereocenters. The van der Waals surface area contributed by atoms with E-state index in [1.54, 1.807) is 13.2 Å². The van der Waals surface area contributed by atoms with Crippen LogP contribution in [0.1, 0.15) is 44.9 Å². The van der Waals surface area contributed by atoms with Crippen LogP contribution in [0.4, 0.5) is 10.5 Å². The summed E-state index contributed by atoms with van der Waals surface area (Å²) in [6.07, 6.45) is 7.69. The number of carbonyl (C=O) groups excluding carboxylic acids is 2. The van der Waals surface area contributed by atoms with Crippen LogP contribution < -0.4 is 20.7 Å². The van der Waals surface area contributed by atoms with E-state index in [1.165, 1.54) is 19.3 Å². The summed E-state index contributed by atoms with van der Waals surface area (Å²) in [7, 11) is 1.59. The number of urea groups is 1. The van der Waals surface area contributed by atoms with Crippen molar-refractivity contribution in [3.8, 4) is 5.75 Å². The SMILES string of the molecule is COc1cccc(NC(=O)CCNC(=O)NC23CC4CC(CC(C4)C2)C3)c1. The Balaban J connectivity index is 1.21. The van der Waals surface area contributed by atoms with Crippen LogP contribution >= 0.6 is 0 Å². The number of rotatable bonds is 6. The maximum absolute atomic E-state index is 12.4. The van der Waals surface area contributed by atoms with Gasteiger partial charge in [0.05, 0.1) is 7.11 Å². The number of nitrogens with one attached hydrogen (secondary N) is 3. The highest BCUT2D eigenvalue weighted by molar-refractivity contribution is 5.91. The molecule has 0 aliphatic heterocycles. The summed E-state index contributed by atoms with van der Waals surface area (Å²) in [5.41, 5.74) is 0.694. The standard InChI is InChI=1S/C21H29N3O3/c1-27-18-4-2-3-17(10-18)23-19(25)5-6-22-20(26)24-21-11-14-7-15(12-21)9-16(8-14)13-21/h2-4,10,14-16H,5-9,11-13H2,1H3,(H,23,25)(H2,22,24,26). The molecule has 0 spiro atoms. The molecule has 4 aliphatic carbocycles. The second-order valence-electron chi connectivity index (χ2n) is 8.61. The third-order valence-corrected chi connectivity index (χ3v) is 6.41. The molecule has 0 radical (unpaired) electrons. The molecule has 1 aromatic carbocycles. The van der Waals surface area contributed by atoms with Gasteiger partial charge < -0.3 is 20.7 Å². The van der Waals surface area contributed by atoms with Crippen LogP contribution in [0.2, 0.25) is 0 Å². The van der Waals surface area contributed by atoms with Gasteiger partial charge in [0.15, 0.2) is 0 Å². The molecule has 3 amide bonds. The van der Waals surface area contributed by atoms with E-state index in [1.807, 2.05) is 18.2 Å². The maximum Gasteiger partial charge on any atom is 0.315 e. The molecular formula is C21H29N3O3. The number of hydrogen-bond acceptors (Lipinski definition) is 3. The van der Waals surface area contributed by atoms with Crippen molar-refractivity contribution in [2.45, 2.75) is 50.5 Å². The van der Waals surface area contributed by atoms with Gasteiger partial charge in [-0.3, -0.25) is 4.79 Å². The van der Waals surface area contributed by atoms with Gasteiger partial charge in [-0.25, -0.2) is 4.79 Å². The lowest BCUT2D eigenvalue weighted by molar-refractivity contribution is -0.116. The molecule has 27 heavy (non-hydrogen) atoms. The third kappa shape index (κ3) is 4.20. The van der Waals surface area contributed by atoms with Crippen LogP contribution in [0, 0.1) is 17.8 Å². The molecule has 146 valence electrons. The Morgan fingerprint density at radius 3 is 2.41 bits per heavy atom. The van der Waals surface area contributed by atoms with E-state index < -0.39 is 0 Å². The molecular weight excluding hydrogens is 342 g/mol. The predicted molar refractivity (Wildman–Crippen MR) is 104 cm³/mol. The van der Waals surface area contributed by atoms with E-state index >= 15 is 0 Å². The molecule has 5 rings (SSSR count). The summed E-state index contributed by atoms with van der Waals surface area (Å²) in [5.74, 6) is 2.96. The summed E-state index contributed by atoms with van der Waals surface area (Å²) in [4.78, 5) is 24.5. The fourth-order valence-electron chi connectivity index (χ4n) is 5.76. The first-order valence-electron chi connectivity index (χ1n) is 10.0. The first-order chi connectivity index (χ1) is 13.0. The minimum atomic E-state index is -0.133. The van der Waals surface area contributed by atoms with Gasteiger partial charge in [0.25, 0.3) is 0 Å². The first kappa shape index (κ1) is 18.1. The smallest absolute Gasteiger partial charge is 0.315 e. The van der Waals surface area contributed by atoms with Gasteiger partial charge in [-0.15, -0.1) is 0 Å².